The number of nitrogens with zero attached hydrogens (tertiary/aromatic N) is 2. The molecule has 4 nitrogen and oxygen atoms in total. The lowest BCUT2D eigenvalue weighted by Crippen LogP contribution is -2.33. The number of aromatic nitrogens is 2. The number of aromatic hydroxyl groups is 1. The number of halogens is 1. The largest absolute Gasteiger partial charge is 0.508 e. The average Bonchev–Trinajstić information content (AvgIpc) is 2.81. The minimum atomic E-state index is -0.397. The van der Waals surface area contributed by atoms with Gasteiger partial charge in [-0.1, -0.05) is 6.07 Å². The number of phenols is 1. The van der Waals surface area contributed by atoms with Crippen LogP contribution in [0.1, 0.15) is 25.5 Å². The molecule has 5 heteroatoms. The van der Waals surface area contributed by atoms with Gasteiger partial charge in [-0.15, -0.1) is 0 Å². The number of phenolic OH excluding ortho intramolecular Hbond substituents is 1. The number of hydrogen-bond donors (Lipinski definition) is 2. The molecule has 1 aromatic carbocycles. The van der Waals surface area contributed by atoms with Crippen LogP contribution in [0.4, 0.5) is 4.39 Å². The summed E-state index contributed by atoms with van der Waals surface area (Å²) in [4.78, 5) is 0. The van der Waals surface area contributed by atoms with Gasteiger partial charge < -0.3 is 10.4 Å². The van der Waals surface area contributed by atoms with Crippen LogP contribution in [0.5, 0.6) is 5.75 Å². The summed E-state index contributed by atoms with van der Waals surface area (Å²) in [6, 6.07) is 6.12. The summed E-state index contributed by atoms with van der Waals surface area (Å²) in [5.74, 6) is -0.454. The van der Waals surface area contributed by atoms with E-state index in [4.69, 9.17) is 0 Å². The fourth-order valence-electron chi connectivity index (χ4n) is 2.13. The summed E-state index contributed by atoms with van der Waals surface area (Å²) in [5, 5.41) is 16.6. The first kappa shape index (κ1) is 13.5. The molecule has 19 heavy (non-hydrogen) atoms. The number of benzene rings is 1. The topological polar surface area (TPSA) is 50.1 Å². The van der Waals surface area contributed by atoms with Crippen molar-refractivity contribution in [2.24, 2.45) is 0 Å². The molecule has 0 amide bonds. The molecule has 2 atom stereocenters. The van der Waals surface area contributed by atoms with Gasteiger partial charge in [0, 0.05) is 36.1 Å². The van der Waals surface area contributed by atoms with Crippen LogP contribution in [0.3, 0.4) is 0 Å². The molecule has 0 aliphatic heterocycles. The van der Waals surface area contributed by atoms with Crippen LogP contribution in [-0.2, 0) is 6.54 Å². The average molecular weight is 263 g/mol. The predicted octanol–water partition coefficient (Wildman–Crippen LogP) is 2.47. The van der Waals surface area contributed by atoms with Gasteiger partial charge in [0.25, 0.3) is 0 Å². The molecule has 0 bridgehead atoms. The molecule has 0 aliphatic carbocycles. The van der Waals surface area contributed by atoms with Crippen LogP contribution in [-0.4, -0.2) is 20.9 Å². The van der Waals surface area contributed by atoms with E-state index in [0.29, 0.717) is 5.56 Å². The van der Waals surface area contributed by atoms with Crippen molar-refractivity contribution in [3.05, 3.63) is 48.0 Å². The van der Waals surface area contributed by atoms with Crippen molar-refractivity contribution in [1.29, 1.82) is 0 Å². The van der Waals surface area contributed by atoms with Crippen molar-refractivity contribution < 1.29 is 9.50 Å². The second-order valence-electron chi connectivity index (χ2n) is 4.72. The third-order valence-electron chi connectivity index (χ3n) is 3.01. The van der Waals surface area contributed by atoms with E-state index >= 15 is 0 Å². The minimum absolute atomic E-state index is 0.0574. The summed E-state index contributed by atoms with van der Waals surface area (Å²) < 4.78 is 15.5. The lowest BCUT2D eigenvalue weighted by atomic mass is 10.1. The molecule has 102 valence electrons. The minimum Gasteiger partial charge on any atom is -0.508 e. The van der Waals surface area contributed by atoms with Crippen LogP contribution in [0.25, 0.3) is 0 Å². The molecular weight excluding hydrogens is 245 g/mol. The molecule has 0 saturated heterocycles. The van der Waals surface area contributed by atoms with Crippen molar-refractivity contribution in [3.8, 4) is 5.75 Å². The predicted molar refractivity (Wildman–Crippen MR) is 71.3 cm³/mol. The quantitative estimate of drug-likeness (QED) is 0.871. The highest BCUT2D eigenvalue weighted by atomic mass is 19.1. The molecule has 0 saturated carbocycles. The van der Waals surface area contributed by atoms with Crippen molar-refractivity contribution in [1.82, 2.24) is 15.1 Å². The second kappa shape index (κ2) is 5.84. The highest BCUT2D eigenvalue weighted by Gasteiger charge is 2.14. The monoisotopic (exact) mass is 263 g/mol. The molecule has 2 N–H and O–H groups in total. The molecule has 0 spiro atoms. The Bertz CT molecular complexity index is 527. The summed E-state index contributed by atoms with van der Waals surface area (Å²) in [6.45, 7) is 4.64. The Labute approximate surface area is 111 Å². The summed E-state index contributed by atoms with van der Waals surface area (Å²) in [6.07, 6.45) is 3.62. The van der Waals surface area contributed by atoms with Gasteiger partial charge in [-0.3, -0.25) is 4.68 Å². The second-order valence-corrected chi connectivity index (χ2v) is 4.72. The van der Waals surface area contributed by atoms with Crippen molar-refractivity contribution in [2.75, 3.05) is 0 Å². The summed E-state index contributed by atoms with van der Waals surface area (Å²) in [7, 11) is 0. The fourth-order valence-corrected chi connectivity index (χ4v) is 2.13. The number of rotatable bonds is 5. The molecule has 0 fully saturated rings. The lowest BCUT2D eigenvalue weighted by molar-refractivity contribution is 0.404. The Morgan fingerprint density at radius 2 is 2.21 bits per heavy atom. The zero-order valence-electron chi connectivity index (χ0n) is 11.0. The van der Waals surface area contributed by atoms with E-state index in [9.17, 15) is 9.50 Å². The summed E-state index contributed by atoms with van der Waals surface area (Å²) >= 11 is 0. The zero-order valence-corrected chi connectivity index (χ0v) is 11.0. The van der Waals surface area contributed by atoms with E-state index in [-0.39, 0.29) is 17.8 Å². The van der Waals surface area contributed by atoms with Crippen LogP contribution >= 0.6 is 0 Å². The van der Waals surface area contributed by atoms with E-state index in [1.165, 1.54) is 6.07 Å². The molecule has 2 rings (SSSR count). The van der Waals surface area contributed by atoms with E-state index in [1.807, 2.05) is 30.8 Å². The van der Waals surface area contributed by atoms with Crippen LogP contribution in [0.2, 0.25) is 0 Å². The molecule has 1 heterocycles. The highest BCUT2D eigenvalue weighted by molar-refractivity contribution is 5.29. The van der Waals surface area contributed by atoms with Crippen molar-refractivity contribution in [3.63, 3.8) is 0 Å². The van der Waals surface area contributed by atoms with Crippen molar-refractivity contribution >= 4 is 0 Å². The molecule has 1 aromatic heterocycles. The Morgan fingerprint density at radius 1 is 1.42 bits per heavy atom. The van der Waals surface area contributed by atoms with Gasteiger partial charge in [0.1, 0.15) is 11.6 Å². The molecular formula is C14H18FN3O. The number of hydrogen-bond acceptors (Lipinski definition) is 3. The fraction of sp³-hybridized carbons (Fsp3) is 0.357. The van der Waals surface area contributed by atoms with Gasteiger partial charge in [0.15, 0.2) is 0 Å². The Kier molecular flexibility index (Phi) is 4.16. The van der Waals surface area contributed by atoms with E-state index < -0.39 is 5.82 Å². The third kappa shape index (κ3) is 3.54. The first-order valence-electron chi connectivity index (χ1n) is 6.28. The van der Waals surface area contributed by atoms with Gasteiger partial charge in [-0.05, 0) is 26.0 Å². The van der Waals surface area contributed by atoms with Gasteiger partial charge in [0.05, 0.1) is 6.54 Å². The van der Waals surface area contributed by atoms with E-state index in [0.717, 1.165) is 12.6 Å². The summed E-state index contributed by atoms with van der Waals surface area (Å²) in [5.41, 5.74) is 0.546. The van der Waals surface area contributed by atoms with Gasteiger partial charge in [0.2, 0.25) is 0 Å². The van der Waals surface area contributed by atoms with Gasteiger partial charge >= 0.3 is 0 Å². The Morgan fingerprint density at radius 3 is 2.84 bits per heavy atom. The van der Waals surface area contributed by atoms with E-state index in [1.54, 1.807) is 12.3 Å². The van der Waals surface area contributed by atoms with Gasteiger partial charge in [-0.2, -0.15) is 5.10 Å². The smallest absolute Gasteiger partial charge is 0.131 e. The molecule has 2 unspecified atom stereocenters. The van der Waals surface area contributed by atoms with Crippen LogP contribution in [0, 0.1) is 5.82 Å². The van der Waals surface area contributed by atoms with E-state index in [2.05, 4.69) is 10.4 Å². The first-order chi connectivity index (χ1) is 9.06. The highest BCUT2D eigenvalue weighted by Crippen LogP contribution is 2.21. The lowest BCUT2D eigenvalue weighted by Gasteiger charge is -2.21. The van der Waals surface area contributed by atoms with Gasteiger partial charge in [-0.25, -0.2) is 4.39 Å². The normalized spacial score (nSPS) is 14.3. The maximum atomic E-state index is 13.7. The molecule has 0 aliphatic rings. The van der Waals surface area contributed by atoms with Crippen LogP contribution < -0.4 is 5.32 Å². The van der Waals surface area contributed by atoms with Crippen LogP contribution in [0.15, 0.2) is 36.7 Å². The maximum absolute atomic E-state index is 13.7. The standard InChI is InChI=1S/C14H18FN3O/c1-10(9-18-7-3-6-16-18)17-11(2)13-5-4-12(19)8-14(13)15/h3-8,10-11,17,19H,9H2,1-2H3. The Hall–Kier alpha value is -1.88. The zero-order chi connectivity index (χ0) is 13.8. The number of nitrogens with one attached hydrogen (secondary N) is 1. The maximum Gasteiger partial charge on any atom is 0.131 e. The SMILES string of the molecule is CC(Cn1cccn1)NC(C)c1ccc(O)cc1F. The van der Waals surface area contributed by atoms with Crippen molar-refractivity contribution in [2.45, 2.75) is 32.5 Å². The third-order valence-corrected chi connectivity index (χ3v) is 3.01. The first-order valence-corrected chi connectivity index (χ1v) is 6.28. The Balaban J connectivity index is 1.98. The molecule has 2 aromatic rings. The molecule has 0 radical (unpaired) electrons.